The van der Waals surface area contributed by atoms with Crippen molar-refractivity contribution in [3.8, 4) is 11.5 Å². The Morgan fingerprint density at radius 2 is 1.85 bits per heavy atom. The average Bonchev–Trinajstić information content (AvgIpc) is 2.40. The summed E-state index contributed by atoms with van der Waals surface area (Å²) >= 11 is 3.57. The van der Waals surface area contributed by atoms with Crippen molar-refractivity contribution in [3.05, 3.63) is 58.6 Å². The zero-order valence-corrected chi connectivity index (χ0v) is 12.6. The van der Waals surface area contributed by atoms with E-state index in [9.17, 15) is 0 Å². The lowest BCUT2D eigenvalue weighted by Crippen LogP contribution is -2.48. The van der Waals surface area contributed by atoms with Crippen LogP contribution in [0.3, 0.4) is 0 Å². The number of hydrogen-bond donors (Lipinski definition) is 1. The molecule has 1 fully saturated rings. The normalized spacial score (nSPS) is 14.8. The van der Waals surface area contributed by atoms with Crippen LogP contribution in [-0.4, -0.2) is 19.2 Å². The highest BCUT2D eigenvalue weighted by atomic mass is 79.9. The first-order valence-corrected chi connectivity index (χ1v) is 7.44. The summed E-state index contributed by atoms with van der Waals surface area (Å²) in [7, 11) is 0. The fraction of sp³-hybridized carbons (Fsp3) is 0.250. The molecule has 1 heterocycles. The highest BCUT2D eigenvalue weighted by Gasteiger charge is 2.17. The Balaban J connectivity index is 1.64. The summed E-state index contributed by atoms with van der Waals surface area (Å²) in [5.41, 5.74) is 1.14. The van der Waals surface area contributed by atoms with Crippen molar-refractivity contribution in [1.29, 1.82) is 0 Å². The molecule has 1 aliphatic heterocycles. The highest BCUT2D eigenvalue weighted by molar-refractivity contribution is 9.10. The van der Waals surface area contributed by atoms with Gasteiger partial charge >= 0.3 is 0 Å². The topological polar surface area (TPSA) is 30.5 Å². The molecule has 0 amide bonds. The van der Waals surface area contributed by atoms with Gasteiger partial charge in [-0.2, -0.15) is 0 Å². The molecular formula is C16H16BrNO2. The second kappa shape index (κ2) is 6.39. The maximum Gasteiger partial charge on any atom is 0.128 e. The summed E-state index contributed by atoms with van der Waals surface area (Å²) < 4.78 is 12.6. The molecule has 104 valence electrons. The predicted molar refractivity (Wildman–Crippen MR) is 82.1 cm³/mol. The Morgan fingerprint density at radius 3 is 2.50 bits per heavy atom. The Bertz CT molecular complexity index is 570. The van der Waals surface area contributed by atoms with Gasteiger partial charge in [0.15, 0.2) is 0 Å². The molecule has 0 saturated carbocycles. The van der Waals surface area contributed by atoms with Crippen molar-refractivity contribution in [3.63, 3.8) is 0 Å². The summed E-state index contributed by atoms with van der Waals surface area (Å²) in [6.45, 7) is 2.53. The van der Waals surface area contributed by atoms with E-state index in [1.807, 2.05) is 48.5 Å². The number of rotatable bonds is 5. The van der Waals surface area contributed by atoms with Crippen LogP contribution in [0, 0.1) is 0 Å². The van der Waals surface area contributed by atoms with Crippen molar-refractivity contribution in [2.75, 3.05) is 13.1 Å². The zero-order valence-electron chi connectivity index (χ0n) is 11.0. The Morgan fingerprint density at radius 1 is 1.05 bits per heavy atom. The Kier molecular flexibility index (Phi) is 4.35. The smallest absolute Gasteiger partial charge is 0.128 e. The zero-order chi connectivity index (χ0) is 13.8. The van der Waals surface area contributed by atoms with Crippen LogP contribution >= 0.6 is 15.9 Å². The van der Waals surface area contributed by atoms with Gasteiger partial charge < -0.3 is 14.8 Å². The van der Waals surface area contributed by atoms with E-state index in [1.54, 1.807) is 0 Å². The van der Waals surface area contributed by atoms with Crippen molar-refractivity contribution in [1.82, 2.24) is 5.32 Å². The highest BCUT2D eigenvalue weighted by Crippen LogP contribution is 2.27. The number of halogens is 1. The quantitative estimate of drug-likeness (QED) is 0.904. The molecule has 1 N–H and O–H groups in total. The van der Waals surface area contributed by atoms with E-state index < -0.39 is 0 Å². The molecule has 2 aromatic carbocycles. The van der Waals surface area contributed by atoms with Crippen molar-refractivity contribution in [2.45, 2.75) is 12.7 Å². The molecule has 0 unspecified atom stereocenters. The standard InChI is InChI=1S/C16H16BrNO2/c17-16-8-14(20-13-4-2-1-3-5-13)7-6-12(16)11-19-15-9-18-10-15/h1-8,15,18H,9-11H2. The van der Waals surface area contributed by atoms with Crippen LogP contribution in [0.25, 0.3) is 0 Å². The minimum atomic E-state index is 0.349. The minimum absolute atomic E-state index is 0.349. The molecule has 0 spiro atoms. The first kappa shape index (κ1) is 13.6. The van der Waals surface area contributed by atoms with Crippen LogP contribution in [-0.2, 0) is 11.3 Å². The lowest BCUT2D eigenvalue weighted by Gasteiger charge is -2.27. The molecule has 0 radical (unpaired) electrons. The van der Waals surface area contributed by atoms with Gasteiger partial charge in [0, 0.05) is 17.6 Å². The van der Waals surface area contributed by atoms with Gasteiger partial charge in [0.1, 0.15) is 11.5 Å². The molecule has 20 heavy (non-hydrogen) atoms. The van der Waals surface area contributed by atoms with E-state index >= 15 is 0 Å². The molecule has 1 aliphatic rings. The van der Waals surface area contributed by atoms with Gasteiger partial charge in [0.05, 0.1) is 12.7 Å². The second-order valence-corrected chi connectivity index (χ2v) is 5.61. The minimum Gasteiger partial charge on any atom is -0.457 e. The van der Waals surface area contributed by atoms with Crippen LogP contribution < -0.4 is 10.1 Å². The second-order valence-electron chi connectivity index (χ2n) is 4.76. The monoisotopic (exact) mass is 333 g/mol. The van der Waals surface area contributed by atoms with E-state index in [0.717, 1.165) is 34.6 Å². The number of benzene rings is 2. The lowest BCUT2D eigenvalue weighted by atomic mass is 10.2. The predicted octanol–water partition coefficient (Wildman–Crippen LogP) is 3.73. The molecular weight excluding hydrogens is 318 g/mol. The van der Waals surface area contributed by atoms with Gasteiger partial charge in [-0.25, -0.2) is 0 Å². The average molecular weight is 334 g/mol. The third-order valence-electron chi connectivity index (χ3n) is 3.22. The molecule has 0 bridgehead atoms. The lowest BCUT2D eigenvalue weighted by molar-refractivity contribution is 0.00732. The van der Waals surface area contributed by atoms with E-state index in [2.05, 4.69) is 21.2 Å². The summed E-state index contributed by atoms with van der Waals surface area (Å²) in [6, 6.07) is 15.7. The van der Waals surface area contributed by atoms with Crippen molar-refractivity contribution >= 4 is 15.9 Å². The SMILES string of the molecule is Brc1cc(Oc2ccccc2)ccc1COC1CNC1. The molecule has 2 aromatic rings. The Hall–Kier alpha value is -1.36. The van der Waals surface area contributed by atoms with E-state index in [1.165, 1.54) is 0 Å². The van der Waals surface area contributed by atoms with Gasteiger partial charge in [-0.05, 0) is 29.8 Å². The van der Waals surface area contributed by atoms with Crippen LogP contribution in [0.15, 0.2) is 53.0 Å². The molecule has 0 atom stereocenters. The molecule has 3 nitrogen and oxygen atoms in total. The molecule has 4 heteroatoms. The molecule has 3 rings (SSSR count). The number of nitrogens with one attached hydrogen (secondary N) is 1. The fourth-order valence-corrected chi connectivity index (χ4v) is 2.39. The van der Waals surface area contributed by atoms with Crippen molar-refractivity contribution in [2.24, 2.45) is 0 Å². The van der Waals surface area contributed by atoms with Gasteiger partial charge in [0.2, 0.25) is 0 Å². The maximum atomic E-state index is 5.79. The first-order chi connectivity index (χ1) is 9.81. The third kappa shape index (κ3) is 3.39. The third-order valence-corrected chi connectivity index (χ3v) is 3.96. The molecule has 0 aliphatic carbocycles. The Labute approximate surface area is 127 Å². The molecule has 0 aromatic heterocycles. The summed E-state index contributed by atoms with van der Waals surface area (Å²) in [5.74, 6) is 1.65. The summed E-state index contributed by atoms with van der Waals surface area (Å²) in [5, 5.41) is 3.19. The van der Waals surface area contributed by atoms with Crippen LogP contribution in [0.4, 0.5) is 0 Å². The number of para-hydroxylation sites is 1. The van der Waals surface area contributed by atoms with E-state index in [4.69, 9.17) is 9.47 Å². The maximum absolute atomic E-state index is 5.79. The molecule has 1 saturated heterocycles. The van der Waals surface area contributed by atoms with Crippen LogP contribution in [0.1, 0.15) is 5.56 Å². The van der Waals surface area contributed by atoms with Gasteiger partial charge in [0.25, 0.3) is 0 Å². The van der Waals surface area contributed by atoms with Crippen LogP contribution in [0.2, 0.25) is 0 Å². The number of hydrogen-bond acceptors (Lipinski definition) is 3. The van der Waals surface area contributed by atoms with Gasteiger partial charge in [-0.3, -0.25) is 0 Å². The van der Waals surface area contributed by atoms with E-state index in [-0.39, 0.29) is 0 Å². The van der Waals surface area contributed by atoms with Crippen LogP contribution in [0.5, 0.6) is 11.5 Å². The first-order valence-electron chi connectivity index (χ1n) is 6.65. The largest absolute Gasteiger partial charge is 0.457 e. The summed E-state index contributed by atoms with van der Waals surface area (Å²) in [6.07, 6.45) is 0.349. The fourth-order valence-electron chi connectivity index (χ4n) is 1.92. The summed E-state index contributed by atoms with van der Waals surface area (Å²) in [4.78, 5) is 0. The van der Waals surface area contributed by atoms with Gasteiger partial charge in [-0.1, -0.05) is 40.2 Å². The van der Waals surface area contributed by atoms with E-state index in [0.29, 0.717) is 12.7 Å². The van der Waals surface area contributed by atoms with Gasteiger partial charge in [-0.15, -0.1) is 0 Å². The van der Waals surface area contributed by atoms with Crippen molar-refractivity contribution < 1.29 is 9.47 Å². The number of ether oxygens (including phenoxy) is 2.